The summed E-state index contributed by atoms with van der Waals surface area (Å²) >= 11 is 1.85. The number of phenolic OH excluding ortho intramolecular Hbond substituents is 2. The molecule has 1 aromatic carbocycles. The largest absolute Gasteiger partial charge is 0.507 e. The van der Waals surface area contributed by atoms with E-state index in [0.717, 1.165) is 0 Å². The van der Waals surface area contributed by atoms with E-state index >= 15 is 0 Å². The summed E-state index contributed by atoms with van der Waals surface area (Å²) < 4.78 is 5.35. The van der Waals surface area contributed by atoms with Crippen molar-refractivity contribution in [3.63, 3.8) is 0 Å². The van der Waals surface area contributed by atoms with Crippen molar-refractivity contribution in [2.45, 2.75) is 0 Å². The molecule has 13 heavy (non-hydrogen) atoms. The van der Waals surface area contributed by atoms with E-state index in [1.54, 1.807) is 0 Å². The van der Waals surface area contributed by atoms with Crippen molar-refractivity contribution in [1.29, 1.82) is 0 Å². The van der Waals surface area contributed by atoms with Gasteiger partial charge in [-0.05, 0) is 22.6 Å². The van der Waals surface area contributed by atoms with Crippen LogP contribution in [0.3, 0.4) is 0 Å². The van der Waals surface area contributed by atoms with Crippen molar-refractivity contribution >= 4 is 28.7 Å². The highest BCUT2D eigenvalue weighted by atomic mass is 127. The second-order valence-electron chi connectivity index (χ2n) is 2.38. The van der Waals surface area contributed by atoms with Gasteiger partial charge in [0.25, 0.3) is 0 Å². The maximum Gasteiger partial charge on any atom is 0.143 e. The highest BCUT2D eigenvalue weighted by Crippen LogP contribution is 2.38. The van der Waals surface area contributed by atoms with Crippen molar-refractivity contribution in [2.75, 3.05) is 7.11 Å². The summed E-state index contributed by atoms with van der Waals surface area (Å²) in [5.74, 6) is 0.401. The van der Waals surface area contributed by atoms with E-state index in [4.69, 9.17) is 4.74 Å². The molecule has 1 aromatic rings. The summed E-state index contributed by atoms with van der Waals surface area (Å²) in [4.78, 5) is 0. The fourth-order valence-electron chi connectivity index (χ4n) is 0.988. The monoisotopic (exact) mass is 292 g/mol. The van der Waals surface area contributed by atoms with Crippen molar-refractivity contribution in [3.8, 4) is 17.2 Å². The van der Waals surface area contributed by atoms with Gasteiger partial charge in [-0.25, -0.2) is 0 Å². The van der Waals surface area contributed by atoms with Crippen LogP contribution < -0.4 is 4.74 Å². The van der Waals surface area contributed by atoms with E-state index in [2.05, 4.69) is 6.58 Å². The minimum absolute atomic E-state index is 0.000509. The third kappa shape index (κ3) is 1.72. The molecule has 0 unspecified atom stereocenters. The van der Waals surface area contributed by atoms with E-state index in [1.807, 2.05) is 22.6 Å². The smallest absolute Gasteiger partial charge is 0.143 e. The zero-order valence-corrected chi connectivity index (χ0v) is 9.20. The molecule has 0 aliphatic rings. The first-order valence-electron chi connectivity index (χ1n) is 3.52. The topological polar surface area (TPSA) is 49.7 Å². The predicted molar refractivity (Wildman–Crippen MR) is 59.1 cm³/mol. The minimum Gasteiger partial charge on any atom is -0.507 e. The van der Waals surface area contributed by atoms with Crippen LogP contribution in [0.1, 0.15) is 5.56 Å². The number of halogens is 1. The SMILES string of the molecule is C=Cc1c(OC)cc(O)c(I)c1O. The number of ether oxygens (including phenoxy) is 1. The van der Waals surface area contributed by atoms with Gasteiger partial charge >= 0.3 is 0 Å². The fraction of sp³-hybridized carbons (Fsp3) is 0.111. The number of hydrogen-bond acceptors (Lipinski definition) is 3. The van der Waals surface area contributed by atoms with E-state index in [1.165, 1.54) is 19.3 Å². The third-order valence-electron chi connectivity index (χ3n) is 1.65. The molecular weight excluding hydrogens is 283 g/mol. The van der Waals surface area contributed by atoms with Gasteiger partial charge < -0.3 is 14.9 Å². The van der Waals surface area contributed by atoms with Crippen LogP contribution in [0.2, 0.25) is 0 Å². The lowest BCUT2D eigenvalue weighted by atomic mass is 10.1. The van der Waals surface area contributed by atoms with E-state index in [0.29, 0.717) is 14.9 Å². The molecule has 0 spiro atoms. The molecular formula is C9H9IO3. The van der Waals surface area contributed by atoms with E-state index in [9.17, 15) is 10.2 Å². The summed E-state index contributed by atoms with van der Waals surface area (Å²) in [6.45, 7) is 3.55. The molecule has 2 N–H and O–H groups in total. The summed E-state index contributed by atoms with van der Waals surface area (Å²) in [6, 6.07) is 1.44. The van der Waals surface area contributed by atoms with Crippen LogP contribution in [0.15, 0.2) is 12.6 Å². The molecule has 0 saturated heterocycles. The number of methoxy groups -OCH3 is 1. The summed E-state index contributed by atoms with van der Waals surface area (Å²) in [7, 11) is 1.47. The lowest BCUT2D eigenvalue weighted by molar-refractivity contribution is 0.394. The van der Waals surface area contributed by atoms with Crippen molar-refractivity contribution in [1.82, 2.24) is 0 Å². The second kappa shape index (κ2) is 3.87. The van der Waals surface area contributed by atoms with Gasteiger partial charge in [-0.1, -0.05) is 12.7 Å². The molecule has 0 saturated carbocycles. The lowest BCUT2D eigenvalue weighted by Gasteiger charge is -2.09. The molecule has 4 heteroatoms. The average Bonchev–Trinajstić information content (AvgIpc) is 2.13. The molecule has 0 aliphatic carbocycles. The Morgan fingerprint density at radius 2 is 2.15 bits per heavy atom. The fourth-order valence-corrected chi connectivity index (χ4v) is 1.43. The molecule has 0 radical (unpaired) electrons. The van der Waals surface area contributed by atoms with E-state index < -0.39 is 0 Å². The number of hydrogen-bond donors (Lipinski definition) is 2. The Balaban J connectivity index is 3.47. The van der Waals surface area contributed by atoms with Crippen molar-refractivity contribution in [2.24, 2.45) is 0 Å². The van der Waals surface area contributed by atoms with Crippen LogP contribution in [-0.2, 0) is 0 Å². The van der Waals surface area contributed by atoms with Gasteiger partial charge in [0.15, 0.2) is 0 Å². The molecule has 0 bridgehead atoms. The summed E-state index contributed by atoms with van der Waals surface area (Å²) in [5, 5.41) is 18.9. The second-order valence-corrected chi connectivity index (χ2v) is 3.46. The van der Waals surface area contributed by atoms with Gasteiger partial charge in [0.05, 0.1) is 16.2 Å². The number of aromatic hydroxyl groups is 2. The van der Waals surface area contributed by atoms with Gasteiger partial charge in [0, 0.05) is 6.07 Å². The Hall–Kier alpha value is -0.910. The molecule has 0 atom stereocenters. The Morgan fingerprint density at radius 3 is 2.62 bits per heavy atom. The minimum atomic E-state index is -0.00699. The molecule has 0 amide bonds. The Labute approximate surface area is 89.8 Å². The maximum atomic E-state index is 9.57. The Kier molecular flexibility index (Phi) is 3.02. The van der Waals surface area contributed by atoms with Gasteiger partial charge in [-0.2, -0.15) is 0 Å². The normalized spacial score (nSPS) is 9.69. The highest BCUT2D eigenvalue weighted by Gasteiger charge is 2.13. The molecule has 3 nitrogen and oxygen atoms in total. The van der Waals surface area contributed by atoms with Crippen LogP contribution in [0.4, 0.5) is 0 Å². The van der Waals surface area contributed by atoms with Gasteiger partial charge in [-0.15, -0.1) is 0 Å². The summed E-state index contributed by atoms with van der Waals surface area (Å²) in [6.07, 6.45) is 1.48. The zero-order chi connectivity index (χ0) is 10.0. The zero-order valence-electron chi connectivity index (χ0n) is 7.04. The van der Waals surface area contributed by atoms with Gasteiger partial charge in [0.2, 0.25) is 0 Å². The Bertz CT molecular complexity index is 347. The first-order chi connectivity index (χ1) is 6.11. The quantitative estimate of drug-likeness (QED) is 0.823. The Morgan fingerprint density at radius 1 is 1.54 bits per heavy atom. The first-order valence-corrected chi connectivity index (χ1v) is 4.60. The molecule has 0 aromatic heterocycles. The molecule has 70 valence electrons. The maximum absolute atomic E-state index is 9.57. The van der Waals surface area contributed by atoms with Crippen LogP contribution in [-0.4, -0.2) is 17.3 Å². The highest BCUT2D eigenvalue weighted by molar-refractivity contribution is 14.1. The predicted octanol–water partition coefficient (Wildman–Crippen LogP) is 2.35. The van der Waals surface area contributed by atoms with Crippen LogP contribution in [0, 0.1) is 3.57 Å². The molecule has 0 heterocycles. The molecule has 1 rings (SSSR count). The molecule has 0 aliphatic heterocycles. The molecule has 0 fully saturated rings. The van der Waals surface area contributed by atoms with Crippen molar-refractivity contribution in [3.05, 3.63) is 21.8 Å². The van der Waals surface area contributed by atoms with Crippen LogP contribution in [0.5, 0.6) is 17.2 Å². The van der Waals surface area contributed by atoms with Gasteiger partial charge in [-0.3, -0.25) is 0 Å². The standard InChI is InChI=1S/C9H9IO3/c1-3-5-7(13-2)4-6(11)8(10)9(5)12/h3-4,11-12H,1H2,2H3. The van der Waals surface area contributed by atoms with Crippen molar-refractivity contribution < 1.29 is 14.9 Å². The van der Waals surface area contributed by atoms with Crippen LogP contribution >= 0.6 is 22.6 Å². The summed E-state index contributed by atoms with van der Waals surface area (Å²) in [5.41, 5.74) is 0.490. The average molecular weight is 292 g/mol. The number of benzene rings is 1. The number of rotatable bonds is 2. The number of phenols is 2. The lowest BCUT2D eigenvalue weighted by Crippen LogP contribution is -1.89. The first kappa shape index (κ1) is 10.2. The van der Waals surface area contributed by atoms with Crippen LogP contribution in [0.25, 0.3) is 6.08 Å². The third-order valence-corrected chi connectivity index (χ3v) is 2.71. The van der Waals surface area contributed by atoms with Gasteiger partial charge in [0.1, 0.15) is 17.2 Å². The van der Waals surface area contributed by atoms with E-state index in [-0.39, 0.29) is 11.5 Å².